The molecule has 0 aromatic heterocycles. The predicted molar refractivity (Wildman–Crippen MR) is 89.2 cm³/mol. The van der Waals surface area contributed by atoms with Crippen molar-refractivity contribution >= 4 is 5.91 Å². The van der Waals surface area contributed by atoms with Crippen molar-refractivity contribution in [2.75, 3.05) is 33.4 Å². The fraction of sp³-hybridized carbons (Fsp3) is 0.632. The Bertz CT molecular complexity index is 552. The molecule has 0 bridgehead atoms. The van der Waals surface area contributed by atoms with Crippen molar-refractivity contribution in [2.45, 2.75) is 37.7 Å². The molecule has 2 aliphatic heterocycles. The van der Waals surface area contributed by atoms with Gasteiger partial charge in [0.05, 0.1) is 5.60 Å². The predicted octanol–water partition coefficient (Wildman–Crippen LogP) is 2.80. The van der Waals surface area contributed by atoms with Crippen LogP contribution in [0.3, 0.4) is 0 Å². The molecule has 5 heteroatoms. The van der Waals surface area contributed by atoms with Crippen LogP contribution in [-0.2, 0) is 20.7 Å². The van der Waals surface area contributed by atoms with E-state index in [2.05, 4.69) is 0 Å². The van der Waals surface area contributed by atoms with Gasteiger partial charge in [-0.3, -0.25) is 4.79 Å². The van der Waals surface area contributed by atoms with Gasteiger partial charge in [0.25, 0.3) is 0 Å². The lowest BCUT2D eigenvalue weighted by molar-refractivity contribution is -0.149. The Morgan fingerprint density at radius 2 is 2.04 bits per heavy atom. The molecule has 3 rings (SSSR count). The number of hydrogen-bond donors (Lipinski definition) is 0. The van der Waals surface area contributed by atoms with Crippen LogP contribution in [0.1, 0.15) is 31.2 Å². The molecule has 1 unspecified atom stereocenters. The molecular formula is C19H26FNO3. The molecule has 4 nitrogen and oxygen atoms in total. The summed E-state index contributed by atoms with van der Waals surface area (Å²) in [7, 11) is 1.55. The van der Waals surface area contributed by atoms with Crippen LogP contribution in [0.4, 0.5) is 4.39 Å². The topological polar surface area (TPSA) is 38.8 Å². The summed E-state index contributed by atoms with van der Waals surface area (Å²) in [5.74, 6) is 0.437. The van der Waals surface area contributed by atoms with Crippen molar-refractivity contribution in [2.24, 2.45) is 5.92 Å². The zero-order valence-electron chi connectivity index (χ0n) is 14.3. The SMILES string of the molecule is COCC(=O)N1CCC2(CC1)CC(Cc1ccc(F)cc1)CCO2. The van der Waals surface area contributed by atoms with Crippen LogP contribution in [0.25, 0.3) is 0 Å². The third-order valence-corrected chi connectivity index (χ3v) is 5.33. The van der Waals surface area contributed by atoms with Crippen LogP contribution in [0, 0.1) is 11.7 Å². The summed E-state index contributed by atoms with van der Waals surface area (Å²) >= 11 is 0. The van der Waals surface area contributed by atoms with Crippen molar-refractivity contribution in [1.82, 2.24) is 4.90 Å². The summed E-state index contributed by atoms with van der Waals surface area (Å²) in [6.07, 6.45) is 4.82. The normalized spacial score (nSPS) is 23.4. The number of hydrogen-bond acceptors (Lipinski definition) is 3. The number of rotatable bonds is 4. The summed E-state index contributed by atoms with van der Waals surface area (Å²) in [5, 5.41) is 0. The lowest BCUT2D eigenvalue weighted by Crippen LogP contribution is -2.51. The van der Waals surface area contributed by atoms with Gasteiger partial charge in [-0.2, -0.15) is 0 Å². The van der Waals surface area contributed by atoms with Gasteiger partial charge in [-0.15, -0.1) is 0 Å². The Kier molecular flexibility index (Phi) is 5.51. The minimum atomic E-state index is -0.185. The van der Waals surface area contributed by atoms with E-state index in [0.717, 1.165) is 51.8 Å². The Labute approximate surface area is 142 Å². The van der Waals surface area contributed by atoms with Crippen molar-refractivity contribution in [3.05, 3.63) is 35.6 Å². The fourth-order valence-electron chi connectivity index (χ4n) is 3.98. The number of ether oxygens (including phenoxy) is 2. The summed E-state index contributed by atoms with van der Waals surface area (Å²) in [4.78, 5) is 13.8. The summed E-state index contributed by atoms with van der Waals surface area (Å²) in [5.41, 5.74) is 1.10. The Hall–Kier alpha value is -1.46. The maximum absolute atomic E-state index is 13.0. The molecule has 2 aliphatic rings. The van der Waals surface area contributed by atoms with E-state index in [1.54, 1.807) is 7.11 Å². The number of likely N-dealkylation sites (tertiary alicyclic amines) is 1. The van der Waals surface area contributed by atoms with Gasteiger partial charge in [0, 0.05) is 26.8 Å². The Morgan fingerprint density at radius 1 is 1.33 bits per heavy atom. The highest BCUT2D eigenvalue weighted by atomic mass is 19.1. The van der Waals surface area contributed by atoms with Crippen molar-refractivity contribution < 1.29 is 18.7 Å². The minimum Gasteiger partial charge on any atom is -0.375 e. The first-order chi connectivity index (χ1) is 11.6. The average molecular weight is 335 g/mol. The van der Waals surface area contributed by atoms with Gasteiger partial charge >= 0.3 is 0 Å². The van der Waals surface area contributed by atoms with Crippen LogP contribution < -0.4 is 0 Å². The smallest absolute Gasteiger partial charge is 0.248 e. The molecule has 2 fully saturated rings. The van der Waals surface area contributed by atoms with Crippen LogP contribution in [0.15, 0.2) is 24.3 Å². The van der Waals surface area contributed by atoms with E-state index >= 15 is 0 Å². The zero-order chi connectivity index (χ0) is 17.0. The van der Waals surface area contributed by atoms with Crippen LogP contribution in [-0.4, -0.2) is 49.8 Å². The molecule has 1 aromatic rings. The van der Waals surface area contributed by atoms with Crippen molar-refractivity contribution in [3.63, 3.8) is 0 Å². The van der Waals surface area contributed by atoms with Crippen molar-refractivity contribution in [1.29, 1.82) is 0 Å². The zero-order valence-corrected chi connectivity index (χ0v) is 14.3. The second-order valence-electron chi connectivity index (χ2n) is 7.03. The highest BCUT2D eigenvalue weighted by molar-refractivity contribution is 5.77. The standard InChI is InChI=1S/C19H26FNO3/c1-23-14-18(22)21-9-7-19(8-10-21)13-16(6-11-24-19)12-15-2-4-17(20)5-3-15/h2-5,16H,6-14H2,1H3. The van der Waals surface area contributed by atoms with Gasteiger partial charge in [-0.1, -0.05) is 12.1 Å². The lowest BCUT2D eigenvalue weighted by atomic mass is 9.77. The molecule has 2 saturated heterocycles. The summed E-state index contributed by atoms with van der Waals surface area (Å²) in [6, 6.07) is 6.82. The van der Waals surface area contributed by atoms with E-state index in [1.807, 2.05) is 17.0 Å². The Morgan fingerprint density at radius 3 is 2.71 bits per heavy atom. The first-order valence-electron chi connectivity index (χ1n) is 8.75. The molecule has 2 heterocycles. The van der Waals surface area contributed by atoms with E-state index in [9.17, 15) is 9.18 Å². The highest BCUT2D eigenvalue weighted by Crippen LogP contribution is 2.38. The molecular weight excluding hydrogens is 309 g/mol. The highest BCUT2D eigenvalue weighted by Gasteiger charge is 2.40. The number of carbonyl (C=O) groups excluding carboxylic acids is 1. The Balaban J connectivity index is 1.55. The molecule has 0 radical (unpaired) electrons. The van der Waals surface area contributed by atoms with Gasteiger partial charge in [-0.05, 0) is 55.7 Å². The maximum Gasteiger partial charge on any atom is 0.248 e. The third-order valence-electron chi connectivity index (χ3n) is 5.33. The minimum absolute atomic E-state index is 0.0611. The summed E-state index contributed by atoms with van der Waals surface area (Å²) in [6.45, 7) is 2.41. The molecule has 1 amide bonds. The van der Waals surface area contributed by atoms with E-state index in [-0.39, 0.29) is 23.9 Å². The molecule has 1 atom stereocenters. The van der Waals surface area contributed by atoms with E-state index < -0.39 is 0 Å². The number of benzene rings is 1. The molecule has 132 valence electrons. The number of halogens is 1. The molecule has 0 saturated carbocycles. The number of nitrogens with zero attached hydrogens (tertiary/aromatic N) is 1. The number of methoxy groups -OCH3 is 1. The van der Waals surface area contributed by atoms with Gasteiger partial charge in [0.15, 0.2) is 0 Å². The second kappa shape index (κ2) is 7.62. The van der Waals surface area contributed by atoms with Gasteiger partial charge in [0.1, 0.15) is 12.4 Å². The fourth-order valence-corrected chi connectivity index (χ4v) is 3.98. The molecule has 1 spiro atoms. The molecule has 0 N–H and O–H groups in total. The molecule has 0 aliphatic carbocycles. The van der Waals surface area contributed by atoms with E-state index in [1.165, 1.54) is 17.7 Å². The van der Waals surface area contributed by atoms with Gasteiger partial charge < -0.3 is 14.4 Å². The first kappa shape index (κ1) is 17.4. The van der Waals surface area contributed by atoms with Crippen molar-refractivity contribution in [3.8, 4) is 0 Å². The molecule has 1 aromatic carbocycles. The number of amides is 1. The second-order valence-corrected chi connectivity index (χ2v) is 7.03. The van der Waals surface area contributed by atoms with Crippen LogP contribution in [0.5, 0.6) is 0 Å². The van der Waals surface area contributed by atoms with Gasteiger partial charge in [-0.25, -0.2) is 4.39 Å². The monoisotopic (exact) mass is 335 g/mol. The van der Waals surface area contributed by atoms with E-state index in [4.69, 9.17) is 9.47 Å². The number of piperidine rings is 1. The molecule has 24 heavy (non-hydrogen) atoms. The first-order valence-corrected chi connectivity index (χ1v) is 8.75. The van der Waals surface area contributed by atoms with Crippen LogP contribution >= 0.6 is 0 Å². The lowest BCUT2D eigenvalue weighted by Gasteiger charge is -2.46. The van der Waals surface area contributed by atoms with Gasteiger partial charge in [0.2, 0.25) is 5.91 Å². The number of carbonyl (C=O) groups is 1. The quantitative estimate of drug-likeness (QED) is 0.849. The largest absolute Gasteiger partial charge is 0.375 e. The van der Waals surface area contributed by atoms with Crippen LogP contribution in [0.2, 0.25) is 0 Å². The average Bonchev–Trinajstić information content (AvgIpc) is 2.58. The third kappa shape index (κ3) is 4.14. The summed E-state index contributed by atoms with van der Waals surface area (Å²) < 4.78 is 24.1. The maximum atomic E-state index is 13.0. The van der Waals surface area contributed by atoms with E-state index in [0.29, 0.717) is 5.92 Å².